The number of nitrogens with zero attached hydrogens (tertiary/aromatic N) is 2. The number of esters is 1. The lowest BCUT2D eigenvalue weighted by molar-refractivity contribution is -0.146. The van der Waals surface area contributed by atoms with Crippen LogP contribution in [0.5, 0.6) is 0 Å². The predicted molar refractivity (Wildman–Crippen MR) is 90.6 cm³/mol. The highest BCUT2D eigenvalue weighted by Crippen LogP contribution is 2.27. The molecule has 9 heteroatoms. The molecule has 1 aliphatic heterocycles. The molecule has 1 aromatic heterocycles. The van der Waals surface area contributed by atoms with E-state index in [1.54, 1.807) is 19.2 Å². The van der Waals surface area contributed by atoms with E-state index in [0.29, 0.717) is 23.1 Å². The average molecular weight is 370 g/mol. The van der Waals surface area contributed by atoms with Crippen molar-refractivity contribution in [2.75, 3.05) is 20.2 Å². The number of fused-ring (bicyclic) bond motifs is 1. The molecule has 1 aliphatic rings. The summed E-state index contributed by atoms with van der Waals surface area (Å²) in [6.07, 6.45) is 0.902. The van der Waals surface area contributed by atoms with Crippen LogP contribution < -0.4 is 4.87 Å². The smallest absolute Gasteiger partial charge is 0.308 e. The Hall–Kier alpha value is -1.71. The van der Waals surface area contributed by atoms with E-state index in [1.807, 2.05) is 0 Å². The Kier molecular flexibility index (Phi) is 4.50. The fourth-order valence-corrected chi connectivity index (χ4v) is 5.41. The summed E-state index contributed by atoms with van der Waals surface area (Å²) >= 11 is 1.03. The molecule has 0 spiro atoms. The predicted octanol–water partition coefficient (Wildman–Crippen LogP) is 1.17. The number of piperidine rings is 1. The van der Waals surface area contributed by atoms with Gasteiger partial charge in [-0.25, -0.2) is 8.42 Å². The van der Waals surface area contributed by atoms with Gasteiger partial charge >= 0.3 is 10.8 Å². The maximum atomic E-state index is 12.8. The van der Waals surface area contributed by atoms with E-state index < -0.39 is 10.0 Å². The van der Waals surface area contributed by atoms with E-state index in [2.05, 4.69) is 0 Å². The highest BCUT2D eigenvalue weighted by molar-refractivity contribution is 7.89. The number of aryl methyl sites for hydroxylation is 1. The molecular weight excluding hydrogens is 352 g/mol. The number of sulfonamides is 1. The van der Waals surface area contributed by atoms with Gasteiger partial charge in [-0.05, 0) is 31.0 Å². The SMILES string of the molecule is COC(=O)C1CCN(S(=O)(=O)c2ccc3c(c2)sc(=O)n3C)CC1. The molecule has 0 aliphatic carbocycles. The van der Waals surface area contributed by atoms with Crippen LogP contribution in [0.15, 0.2) is 27.9 Å². The van der Waals surface area contributed by atoms with E-state index in [9.17, 15) is 18.0 Å². The number of carbonyl (C=O) groups excluding carboxylic acids is 1. The Balaban J connectivity index is 1.86. The third-order valence-electron chi connectivity index (χ3n) is 4.39. The van der Waals surface area contributed by atoms with E-state index in [1.165, 1.54) is 22.0 Å². The summed E-state index contributed by atoms with van der Waals surface area (Å²) < 4.78 is 33.8. The van der Waals surface area contributed by atoms with Crippen molar-refractivity contribution in [3.05, 3.63) is 27.9 Å². The number of methoxy groups -OCH3 is 1. The molecule has 0 radical (unpaired) electrons. The van der Waals surface area contributed by atoms with Gasteiger partial charge in [0.25, 0.3) is 0 Å². The number of hydrogen-bond donors (Lipinski definition) is 0. The summed E-state index contributed by atoms with van der Waals surface area (Å²) in [5, 5.41) is 0. The first-order chi connectivity index (χ1) is 11.3. The Labute approximate surface area is 143 Å². The zero-order chi connectivity index (χ0) is 17.5. The molecule has 0 unspecified atom stereocenters. The summed E-state index contributed by atoms with van der Waals surface area (Å²) in [6.45, 7) is 0.566. The van der Waals surface area contributed by atoms with Crippen molar-refractivity contribution in [2.45, 2.75) is 17.7 Å². The van der Waals surface area contributed by atoms with Crippen LogP contribution in [0, 0.1) is 5.92 Å². The molecule has 2 aromatic rings. The van der Waals surface area contributed by atoms with E-state index >= 15 is 0 Å². The number of carbonyl (C=O) groups is 1. The normalized spacial score (nSPS) is 17.2. The van der Waals surface area contributed by atoms with Crippen molar-refractivity contribution in [1.29, 1.82) is 0 Å². The fourth-order valence-electron chi connectivity index (χ4n) is 2.92. The molecule has 0 saturated carbocycles. The highest BCUT2D eigenvalue weighted by Gasteiger charge is 2.32. The van der Waals surface area contributed by atoms with Gasteiger partial charge in [0, 0.05) is 20.1 Å². The van der Waals surface area contributed by atoms with Crippen LogP contribution in [-0.2, 0) is 26.6 Å². The second kappa shape index (κ2) is 6.30. The molecule has 24 heavy (non-hydrogen) atoms. The summed E-state index contributed by atoms with van der Waals surface area (Å²) in [5.41, 5.74) is 0.716. The molecule has 0 amide bonds. The summed E-state index contributed by atoms with van der Waals surface area (Å²) in [4.78, 5) is 23.3. The van der Waals surface area contributed by atoms with Crippen molar-refractivity contribution in [2.24, 2.45) is 13.0 Å². The fraction of sp³-hybridized carbons (Fsp3) is 0.467. The minimum absolute atomic E-state index is 0.126. The first kappa shape index (κ1) is 17.1. The van der Waals surface area contributed by atoms with Gasteiger partial charge in [0.2, 0.25) is 10.0 Å². The van der Waals surface area contributed by atoms with E-state index in [-0.39, 0.29) is 34.7 Å². The average Bonchev–Trinajstić information content (AvgIpc) is 2.88. The zero-order valence-electron chi connectivity index (χ0n) is 13.4. The Morgan fingerprint density at radius 2 is 1.96 bits per heavy atom. The minimum Gasteiger partial charge on any atom is -0.469 e. The zero-order valence-corrected chi connectivity index (χ0v) is 15.0. The molecule has 2 heterocycles. The molecule has 0 N–H and O–H groups in total. The van der Waals surface area contributed by atoms with E-state index in [4.69, 9.17) is 4.74 Å². The quantitative estimate of drug-likeness (QED) is 0.757. The van der Waals surface area contributed by atoms with Crippen molar-refractivity contribution in [1.82, 2.24) is 8.87 Å². The number of benzene rings is 1. The standard InChI is InChI=1S/C15H18N2O5S2/c1-16-12-4-3-11(9-13(12)23-15(16)19)24(20,21)17-7-5-10(6-8-17)14(18)22-2/h3-4,9-10H,5-8H2,1-2H3. The number of hydrogen-bond acceptors (Lipinski definition) is 6. The molecule has 130 valence electrons. The number of rotatable bonds is 3. The molecule has 3 rings (SSSR count). The molecular formula is C15H18N2O5S2. The van der Waals surface area contributed by atoms with Crippen LogP contribution in [0.4, 0.5) is 0 Å². The Bertz CT molecular complexity index is 936. The third kappa shape index (κ3) is 2.87. The van der Waals surface area contributed by atoms with Gasteiger partial charge in [-0.15, -0.1) is 0 Å². The minimum atomic E-state index is -3.64. The van der Waals surface area contributed by atoms with E-state index in [0.717, 1.165) is 11.3 Å². The van der Waals surface area contributed by atoms with Gasteiger partial charge < -0.3 is 9.30 Å². The first-order valence-electron chi connectivity index (χ1n) is 7.52. The van der Waals surface area contributed by atoms with Crippen LogP contribution in [0.25, 0.3) is 10.2 Å². The maximum Gasteiger partial charge on any atom is 0.308 e. The molecule has 1 fully saturated rings. The largest absolute Gasteiger partial charge is 0.469 e. The number of ether oxygens (including phenoxy) is 1. The lowest BCUT2D eigenvalue weighted by Crippen LogP contribution is -2.40. The van der Waals surface area contributed by atoms with Gasteiger partial charge in [0.05, 0.1) is 28.1 Å². The highest BCUT2D eigenvalue weighted by atomic mass is 32.2. The second-order valence-corrected chi connectivity index (χ2v) is 8.69. The van der Waals surface area contributed by atoms with Crippen LogP contribution in [0.3, 0.4) is 0 Å². The van der Waals surface area contributed by atoms with Crippen molar-refractivity contribution in [3.63, 3.8) is 0 Å². The van der Waals surface area contributed by atoms with Gasteiger partial charge in [-0.2, -0.15) is 4.31 Å². The van der Waals surface area contributed by atoms with Crippen molar-refractivity contribution >= 4 is 37.5 Å². The van der Waals surface area contributed by atoms with Crippen LogP contribution in [0.1, 0.15) is 12.8 Å². The van der Waals surface area contributed by atoms with Crippen LogP contribution >= 0.6 is 11.3 Å². The van der Waals surface area contributed by atoms with Gasteiger partial charge in [-0.3, -0.25) is 9.59 Å². The third-order valence-corrected chi connectivity index (χ3v) is 7.28. The molecule has 7 nitrogen and oxygen atoms in total. The maximum absolute atomic E-state index is 12.8. The molecule has 1 saturated heterocycles. The van der Waals surface area contributed by atoms with Crippen molar-refractivity contribution < 1.29 is 17.9 Å². The summed E-state index contributed by atoms with van der Waals surface area (Å²) in [6, 6.07) is 4.72. The lowest BCUT2D eigenvalue weighted by Gasteiger charge is -2.29. The van der Waals surface area contributed by atoms with Gasteiger partial charge in [-0.1, -0.05) is 11.3 Å². The Morgan fingerprint density at radius 1 is 1.29 bits per heavy atom. The van der Waals surface area contributed by atoms with Gasteiger partial charge in [0.1, 0.15) is 0 Å². The lowest BCUT2D eigenvalue weighted by atomic mass is 9.99. The molecule has 0 bridgehead atoms. The second-order valence-electron chi connectivity index (χ2n) is 5.76. The number of aromatic nitrogens is 1. The monoisotopic (exact) mass is 370 g/mol. The molecule has 1 aromatic carbocycles. The first-order valence-corrected chi connectivity index (χ1v) is 9.78. The summed E-state index contributed by atoms with van der Waals surface area (Å²) in [5.74, 6) is -0.536. The van der Waals surface area contributed by atoms with Gasteiger partial charge in [0.15, 0.2) is 0 Å². The Morgan fingerprint density at radius 3 is 2.58 bits per heavy atom. The van der Waals surface area contributed by atoms with Crippen LogP contribution in [-0.4, -0.2) is 43.5 Å². The molecule has 0 atom stereocenters. The van der Waals surface area contributed by atoms with Crippen molar-refractivity contribution in [3.8, 4) is 0 Å². The summed E-state index contributed by atoms with van der Waals surface area (Å²) in [7, 11) is -0.637. The topological polar surface area (TPSA) is 85.7 Å². The number of thiazole rings is 1. The van der Waals surface area contributed by atoms with Crippen LogP contribution in [0.2, 0.25) is 0 Å².